The Balaban J connectivity index is 2.84. The van der Waals surface area contributed by atoms with E-state index in [1.54, 1.807) is 0 Å². The SMILES string of the molecule is CCC(c1ccccc1)S(=O)(=O)CCCC#N. The second kappa shape index (κ2) is 6.41. The lowest BCUT2D eigenvalue weighted by Crippen LogP contribution is -2.16. The Morgan fingerprint density at radius 1 is 1.29 bits per heavy atom. The van der Waals surface area contributed by atoms with Gasteiger partial charge in [-0.25, -0.2) is 8.42 Å². The Morgan fingerprint density at radius 2 is 1.94 bits per heavy atom. The van der Waals surface area contributed by atoms with Crippen molar-refractivity contribution in [3.05, 3.63) is 35.9 Å². The molecule has 17 heavy (non-hydrogen) atoms. The molecule has 1 aromatic rings. The van der Waals surface area contributed by atoms with Crippen molar-refractivity contribution in [2.24, 2.45) is 0 Å². The van der Waals surface area contributed by atoms with Gasteiger partial charge in [-0.2, -0.15) is 5.26 Å². The molecule has 3 nitrogen and oxygen atoms in total. The monoisotopic (exact) mass is 251 g/mol. The van der Waals surface area contributed by atoms with Crippen LogP contribution in [-0.2, 0) is 9.84 Å². The van der Waals surface area contributed by atoms with Gasteiger partial charge in [-0.05, 0) is 18.4 Å². The molecule has 1 unspecified atom stereocenters. The zero-order valence-electron chi connectivity index (χ0n) is 9.96. The molecule has 1 aromatic carbocycles. The maximum atomic E-state index is 12.1. The Kier molecular flexibility index (Phi) is 5.17. The molecular weight excluding hydrogens is 234 g/mol. The van der Waals surface area contributed by atoms with E-state index in [1.807, 2.05) is 43.3 Å². The lowest BCUT2D eigenvalue weighted by atomic mass is 10.1. The molecule has 0 saturated carbocycles. The molecule has 0 fully saturated rings. The fourth-order valence-corrected chi connectivity index (χ4v) is 3.77. The van der Waals surface area contributed by atoms with Gasteiger partial charge in [0.2, 0.25) is 0 Å². The fourth-order valence-electron chi connectivity index (χ4n) is 1.86. The molecule has 0 radical (unpaired) electrons. The number of hydrogen-bond donors (Lipinski definition) is 0. The van der Waals surface area contributed by atoms with Crippen molar-refractivity contribution in [1.82, 2.24) is 0 Å². The standard InChI is InChI=1S/C13H17NO2S/c1-2-13(12-8-4-3-5-9-12)17(15,16)11-7-6-10-14/h3-5,8-9,13H,2,6-7,11H2,1H3. The Hall–Kier alpha value is -1.34. The van der Waals surface area contributed by atoms with E-state index in [2.05, 4.69) is 0 Å². The zero-order valence-corrected chi connectivity index (χ0v) is 10.8. The van der Waals surface area contributed by atoms with Gasteiger partial charge in [0.1, 0.15) is 0 Å². The van der Waals surface area contributed by atoms with Crippen molar-refractivity contribution < 1.29 is 8.42 Å². The summed E-state index contributed by atoms with van der Waals surface area (Å²) in [5, 5.41) is 7.99. The smallest absolute Gasteiger partial charge is 0.157 e. The first-order valence-electron chi connectivity index (χ1n) is 5.75. The first-order chi connectivity index (χ1) is 8.11. The molecule has 1 rings (SSSR count). The third kappa shape index (κ3) is 3.86. The summed E-state index contributed by atoms with van der Waals surface area (Å²) in [6.45, 7) is 1.87. The first-order valence-corrected chi connectivity index (χ1v) is 7.47. The lowest BCUT2D eigenvalue weighted by Gasteiger charge is -2.15. The topological polar surface area (TPSA) is 57.9 Å². The van der Waals surface area contributed by atoms with Crippen LogP contribution in [0.3, 0.4) is 0 Å². The molecule has 4 heteroatoms. The molecular formula is C13H17NO2S. The highest BCUT2D eigenvalue weighted by Crippen LogP contribution is 2.26. The van der Waals surface area contributed by atoms with E-state index in [4.69, 9.17) is 5.26 Å². The molecule has 1 atom stereocenters. The van der Waals surface area contributed by atoms with Gasteiger partial charge in [-0.15, -0.1) is 0 Å². The van der Waals surface area contributed by atoms with Crippen molar-refractivity contribution in [2.75, 3.05) is 5.75 Å². The van der Waals surface area contributed by atoms with Gasteiger partial charge in [0.25, 0.3) is 0 Å². The first kappa shape index (κ1) is 13.7. The van der Waals surface area contributed by atoms with E-state index >= 15 is 0 Å². The van der Waals surface area contributed by atoms with Crippen LogP contribution in [0.25, 0.3) is 0 Å². The summed E-state index contributed by atoms with van der Waals surface area (Å²) >= 11 is 0. The maximum absolute atomic E-state index is 12.1. The van der Waals surface area contributed by atoms with Gasteiger partial charge in [0, 0.05) is 6.42 Å². The number of rotatable bonds is 6. The third-order valence-electron chi connectivity index (χ3n) is 2.69. The third-order valence-corrected chi connectivity index (χ3v) is 5.02. The molecule has 0 N–H and O–H groups in total. The zero-order chi connectivity index (χ0) is 12.7. The van der Waals surface area contributed by atoms with Crippen LogP contribution in [0.1, 0.15) is 37.0 Å². The predicted octanol–water partition coefficient (Wildman–Crippen LogP) is 2.86. The highest BCUT2D eigenvalue weighted by molar-refractivity contribution is 7.91. The number of nitrogens with zero attached hydrogens (tertiary/aromatic N) is 1. The summed E-state index contributed by atoms with van der Waals surface area (Å²) in [7, 11) is -3.15. The van der Waals surface area contributed by atoms with Crippen molar-refractivity contribution in [2.45, 2.75) is 31.4 Å². The van der Waals surface area contributed by atoms with Crippen LogP contribution < -0.4 is 0 Å². The van der Waals surface area contributed by atoms with E-state index in [-0.39, 0.29) is 5.75 Å². The van der Waals surface area contributed by atoms with E-state index in [1.165, 1.54) is 0 Å². The summed E-state index contributed by atoms with van der Waals surface area (Å²) < 4.78 is 24.3. The normalized spacial score (nSPS) is 12.9. The van der Waals surface area contributed by atoms with E-state index in [9.17, 15) is 8.42 Å². The minimum atomic E-state index is -3.15. The van der Waals surface area contributed by atoms with E-state index in [0.717, 1.165) is 5.56 Å². The summed E-state index contributed by atoms with van der Waals surface area (Å²) in [5.74, 6) is 0.0912. The Labute approximate surface area is 103 Å². The van der Waals surface area contributed by atoms with Gasteiger partial charge in [0.05, 0.1) is 17.1 Å². The van der Waals surface area contributed by atoms with Gasteiger partial charge in [-0.3, -0.25) is 0 Å². The van der Waals surface area contributed by atoms with Crippen molar-refractivity contribution in [3.8, 4) is 6.07 Å². The van der Waals surface area contributed by atoms with E-state index in [0.29, 0.717) is 19.3 Å². The van der Waals surface area contributed by atoms with Crippen LogP contribution in [0.5, 0.6) is 0 Å². The van der Waals surface area contributed by atoms with Crippen molar-refractivity contribution >= 4 is 9.84 Å². The van der Waals surface area contributed by atoms with Gasteiger partial charge in [-0.1, -0.05) is 37.3 Å². The molecule has 92 valence electrons. The highest BCUT2D eigenvalue weighted by Gasteiger charge is 2.24. The number of unbranched alkanes of at least 4 members (excludes halogenated alkanes) is 1. The van der Waals surface area contributed by atoms with Gasteiger partial charge >= 0.3 is 0 Å². The van der Waals surface area contributed by atoms with Gasteiger partial charge < -0.3 is 0 Å². The molecule has 0 heterocycles. The molecule has 0 aromatic heterocycles. The number of benzene rings is 1. The minimum absolute atomic E-state index is 0.0912. The van der Waals surface area contributed by atoms with Crippen LogP contribution in [0.2, 0.25) is 0 Å². The van der Waals surface area contributed by atoms with Gasteiger partial charge in [0.15, 0.2) is 9.84 Å². The minimum Gasteiger partial charge on any atom is -0.228 e. The molecule has 0 aliphatic heterocycles. The summed E-state index contributed by atoms with van der Waals surface area (Å²) in [6.07, 6.45) is 1.28. The highest BCUT2D eigenvalue weighted by atomic mass is 32.2. The average Bonchev–Trinajstić information content (AvgIpc) is 2.31. The summed E-state index contributed by atoms with van der Waals surface area (Å²) in [6, 6.07) is 11.2. The molecule has 0 amide bonds. The van der Waals surface area contributed by atoms with E-state index < -0.39 is 15.1 Å². The average molecular weight is 251 g/mol. The second-order valence-corrected chi connectivity index (χ2v) is 6.24. The predicted molar refractivity (Wildman–Crippen MR) is 68.1 cm³/mol. The van der Waals surface area contributed by atoms with Crippen LogP contribution in [0, 0.1) is 11.3 Å². The fraction of sp³-hybridized carbons (Fsp3) is 0.462. The maximum Gasteiger partial charge on any atom is 0.157 e. The number of sulfone groups is 1. The summed E-state index contributed by atoms with van der Waals surface area (Å²) in [5.41, 5.74) is 0.840. The Bertz CT molecular complexity index is 474. The van der Waals surface area contributed by atoms with Crippen molar-refractivity contribution in [3.63, 3.8) is 0 Å². The van der Waals surface area contributed by atoms with Crippen molar-refractivity contribution in [1.29, 1.82) is 5.26 Å². The Morgan fingerprint density at radius 3 is 2.47 bits per heavy atom. The quantitative estimate of drug-likeness (QED) is 0.730. The molecule has 0 aliphatic rings. The second-order valence-electron chi connectivity index (χ2n) is 3.94. The molecule has 0 spiro atoms. The molecule has 0 saturated heterocycles. The molecule has 0 aliphatic carbocycles. The van der Waals surface area contributed by atoms with Crippen LogP contribution in [0.4, 0.5) is 0 Å². The largest absolute Gasteiger partial charge is 0.228 e. The number of hydrogen-bond acceptors (Lipinski definition) is 3. The molecule has 0 bridgehead atoms. The van der Waals surface area contributed by atoms with Crippen LogP contribution in [0.15, 0.2) is 30.3 Å². The van der Waals surface area contributed by atoms with Crippen LogP contribution in [-0.4, -0.2) is 14.2 Å². The van der Waals surface area contributed by atoms with Crippen LogP contribution >= 0.6 is 0 Å². The summed E-state index contributed by atoms with van der Waals surface area (Å²) in [4.78, 5) is 0. The lowest BCUT2D eigenvalue weighted by molar-refractivity contribution is 0.577. The number of nitriles is 1.